The van der Waals surface area contributed by atoms with Crippen LogP contribution < -0.4 is 11.1 Å². The lowest BCUT2D eigenvalue weighted by Gasteiger charge is -2.26. The van der Waals surface area contributed by atoms with Gasteiger partial charge in [-0.1, -0.05) is 13.8 Å². The van der Waals surface area contributed by atoms with Crippen molar-refractivity contribution < 1.29 is 9.34 Å². The van der Waals surface area contributed by atoms with Gasteiger partial charge in [0.1, 0.15) is 5.52 Å². The summed E-state index contributed by atoms with van der Waals surface area (Å²) in [5, 5.41) is 13.8. The zero-order valence-electron chi connectivity index (χ0n) is 11.5. The molecule has 0 bridgehead atoms. The Morgan fingerprint density at radius 3 is 2.75 bits per heavy atom. The molecular formula is C13H18N4O3. The fraction of sp³-hybridized carbons (Fsp3) is 0.462. The van der Waals surface area contributed by atoms with Crippen LogP contribution in [0.2, 0.25) is 0 Å². The Hall–Kier alpha value is -2.15. The molecule has 0 atom stereocenters. The minimum atomic E-state index is -0.458. The lowest BCUT2D eigenvalue weighted by atomic mass is 9.94. The van der Waals surface area contributed by atoms with Crippen molar-refractivity contribution in [1.82, 2.24) is 4.98 Å². The number of anilines is 1. The maximum Gasteiger partial charge on any atom is 0.295 e. The highest BCUT2D eigenvalue weighted by Crippen LogP contribution is 2.24. The van der Waals surface area contributed by atoms with Crippen molar-refractivity contribution in [3.05, 3.63) is 28.3 Å². The quantitative estimate of drug-likeness (QED) is 0.621. The molecule has 7 heteroatoms. The minimum absolute atomic E-state index is 0.00682. The standard InChI is InChI=1S/C13H18N4O3/c1-3-13(14,4-2)8-15-12-16-10-7-9(17(18)19)5-6-11(10)20-12/h5-7H,3-4,8,14H2,1-2H3,(H,15,16). The first-order chi connectivity index (χ1) is 9.47. The van der Waals surface area contributed by atoms with Crippen LogP contribution in [0.3, 0.4) is 0 Å². The van der Waals surface area contributed by atoms with Gasteiger partial charge < -0.3 is 15.5 Å². The molecule has 2 rings (SSSR count). The number of nitrogens with zero attached hydrogens (tertiary/aromatic N) is 2. The van der Waals surface area contributed by atoms with Crippen molar-refractivity contribution in [2.45, 2.75) is 32.2 Å². The zero-order chi connectivity index (χ0) is 14.8. The maximum atomic E-state index is 10.7. The molecule has 3 N–H and O–H groups in total. The summed E-state index contributed by atoms with van der Waals surface area (Å²) in [7, 11) is 0. The molecule has 0 radical (unpaired) electrons. The molecule has 0 aliphatic rings. The van der Waals surface area contributed by atoms with Gasteiger partial charge in [0.25, 0.3) is 11.7 Å². The van der Waals surface area contributed by atoms with Crippen LogP contribution in [-0.2, 0) is 0 Å². The first kappa shape index (κ1) is 14.3. The molecule has 20 heavy (non-hydrogen) atoms. The molecule has 0 aliphatic heterocycles. The molecule has 0 aliphatic carbocycles. The number of hydrogen-bond acceptors (Lipinski definition) is 6. The molecule has 1 heterocycles. The normalized spacial score (nSPS) is 11.8. The highest BCUT2D eigenvalue weighted by Gasteiger charge is 2.21. The number of nitro groups is 1. The van der Waals surface area contributed by atoms with E-state index in [1.165, 1.54) is 12.1 Å². The lowest BCUT2D eigenvalue weighted by molar-refractivity contribution is -0.384. The Morgan fingerprint density at radius 2 is 2.15 bits per heavy atom. The number of aromatic nitrogens is 1. The van der Waals surface area contributed by atoms with Gasteiger partial charge in [-0.2, -0.15) is 4.98 Å². The summed E-state index contributed by atoms with van der Waals surface area (Å²) in [6.07, 6.45) is 1.67. The number of benzene rings is 1. The van der Waals surface area contributed by atoms with Gasteiger partial charge in [-0.25, -0.2) is 0 Å². The number of fused-ring (bicyclic) bond motifs is 1. The predicted molar refractivity (Wildman–Crippen MR) is 76.7 cm³/mol. The topological polar surface area (TPSA) is 107 Å². The molecule has 1 aromatic heterocycles. The third kappa shape index (κ3) is 2.88. The minimum Gasteiger partial charge on any atom is -0.424 e. The van der Waals surface area contributed by atoms with Crippen LogP contribution in [0.4, 0.5) is 11.7 Å². The summed E-state index contributed by atoms with van der Waals surface area (Å²) < 4.78 is 5.49. The Balaban J connectivity index is 2.18. The van der Waals surface area contributed by atoms with E-state index >= 15 is 0 Å². The number of rotatable bonds is 6. The van der Waals surface area contributed by atoms with Gasteiger partial charge in [0.05, 0.1) is 4.92 Å². The monoisotopic (exact) mass is 278 g/mol. The fourth-order valence-electron chi connectivity index (χ4n) is 1.86. The number of nitro benzene ring substituents is 1. The van der Waals surface area contributed by atoms with Crippen molar-refractivity contribution in [3.8, 4) is 0 Å². The smallest absolute Gasteiger partial charge is 0.295 e. The summed E-state index contributed by atoms with van der Waals surface area (Å²) in [6, 6.07) is 4.65. The molecule has 0 saturated carbocycles. The van der Waals surface area contributed by atoms with Crippen molar-refractivity contribution in [2.75, 3.05) is 11.9 Å². The van der Waals surface area contributed by atoms with Crippen molar-refractivity contribution in [3.63, 3.8) is 0 Å². The van der Waals surface area contributed by atoms with Crippen LogP contribution in [0, 0.1) is 10.1 Å². The Kier molecular flexibility index (Phi) is 3.89. The second-order valence-corrected chi connectivity index (χ2v) is 4.85. The first-order valence-electron chi connectivity index (χ1n) is 6.55. The van der Waals surface area contributed by atoms with E-state index in [-0.39, 0.29) is 11.2 Å². The largest absolute Gasteiger partial charge is 0.424 e. The second-order valence-electron chi connectivity index (χ2n) is 4.85. The van der Waals surface area contributed by atoms with Gasteiger partial charge in [0, 0.05) is 24.2 Å². The third-order valence-electron chi connectivity index (χ3n) is 3.58. The van der Waals surface area contributed by atoms with Gasteiger partial charge in [0.2, 0.25) is 0 Å². The first-order valence-corrected chi connectivity index (χ1v) is 6.55. The molecule has 0 spiro atoms. The Bertz CT molecular complexity index is 619. The van der Waals surface area contributed by atoms with E-state index < -0.39 is 4.92 Å². The van der Waals surface area contributed by atoms with Crippen LogP contribution in [0.15, 0.2) is 22.6 Å². The van der Waals surface area contributed by atoms with Crippen LogP contribution in [0.1, 0.15) is 26.7 Å². The van der Waals surface area contributed by atoms with E-state index in [4.69, 9.17) is 10.2 Å². The van der Waals surface area contributed by atoms with Crippen LogP contribution in [0.25, 0.3) is 11.1 Å². The summed E-state index contributed by atoms with van der Waals surface area (Å²) in [4.78, 5) is 14.4. The van der Waals surface area contributed by atoms with Crippen molar-refractivity contribution in [2.24, 2.45) is 5.73 Å². The van der Waals surface area contributed by atoms with Crippen LogP contribution in [0.5, 0.6) is 0 Å². The summed E-state index contributed by atoms with van der Waals surface area (Å²) >= 11 is 0. The Labute approximate surface area is 116 Å². The van der Waals surface area contributed by atoms with E-state index in [1.807, 2.05) is 13.8 Å². The number of nitrogens with one attached hydrogen (secondary N) is 1. The lowest BCUT2D eigenvalue weighted by Crippen LogP contribution is -2.45. The second kappa shape index (κ2) is 5.46. The SMILES string of the molecule is CCC(N)(CC)CNc1nc2cc([N+](=O)[O-])ccc2o1. The maximum absolute atomic E-state index is 10.7. The van der Waals surface area contributed by atoms with E-state index in [9.17, 15) is 10.1 Å². The molecule has 7 nitrogen and oxygen atoms in total. The molecule has 0 saturated heterocycles. The van der Waals surface area contributed by atoms with Gasteiger partial charge in [0.15, 0.2) is 5.58 Å². The van der Waals surface area contributed by atoms with E-state index in [1.54, 1.807) is 6.07 Å². The predicted octanol–water partition coefficient (Wildman–Crippen LogP) is 2.67. The third-order valence-corrected chi connectivity index (χ3v) is 3.58. The van der Waals surface area contributed by atoms with Crippen molar-refractivity contribution >= 4 is 22.8 Å². The zero-order valence-corrected chi connectivity index (χ0v) is 11.5. The number of nitrogens with two attached hydrogens (primary N) is 1. The number of hydrogen-bond donors (Lipinski definition) is 2. The molecule has 1 aromatic carbocycles. The van der Waals surface area contributed by atoms with Gasteiger partial charge in [-0.3, -0.25) is 10.1 Å². The van der Waals surface area contributed by atoms with Crippen LogP contribution >= 0.6 is 0 Å². The Morgan fingerprint density at radius 1 is 1.45 bits per heavy atom. The summed E-state index contributed by atoms with van der Waals surface area (Å²) in [5.41, 5.74) is 6.83. The van der Waals surface area contributed by atoms with Crippen LogP contribution in [-0.4, -0.2) is 22.0 Å². The highest BCUT2D eigenvalue weighted by molar-refractivity contribution is 5.77. The molecule has 0 fully saturated rings. The van der Waals surface area contributed by atoms with Crippen molar-refractivity contribution in [1.29, 1.82) is 0 Å². The molecular weight excluding hydrogens is 260 g/mol. The fourth-order valence-corrected chi connectivity index (χ4v) is 1.86. The van der Waals surface area contributed by atoms with Gasteiger partial charge >= 0.3 is 0 Å². The van der Waals surface area contributed by atoms with E-state index in [0.29, 0.717) is 23.7 Å². The number of oxazole rings is 1. The molecule has 108 valence electrons. The average Bonchev–Trinajstić information content (AvgIpc) is 2.86. The highest BCUT2D eigenvalue weighted by atomic mass is 16.6. The van der Waals surface area contributed by atoms with Gasteiger partial charge in [-0.05, 0) is 18.9 Å². The molecule has 0 unspecified atom stereocenters. The molecule has 0 amide bonds. The summed E-state index contributed by atoms with van der Waals surface area (Å²) in [5.74, 6) is 0. The molecule has 2 aromatic rings. The number of non-ortho nitro benzene ring substituents is 1. The van der Waals surface area contributed by atoms with Gasteiger partial charge in [-0.15, -0.1) is 0 Å². The average molecular weight is 278 g/mol. The van der Waals surface area contributed by atoms with E-state index in [0.717, 1.165) is 12.8 Å². The summed E-state index contributed by atoms with van der Waals surface area (Å²) in [6.45, 7) is 4.59. The van der Waals surface area contributed by atoms with E-state index in [2.05, 4.69) is 10.3 Å².